The first-order valence-electron chi connectivity index (χ1n) is 8.25. The van der Waals surface area contributed by atoms with E-state index in [4.69, 9.17) is 0 Å². The van der Waals surface area contributed by atoms with E-state index in [1.54, 1.807) is 0 Å². The summed E-state index contributed by atoms with van der Waals surface area (Å²) < 4.78 is 0. The molecule has 1 radical (unpaired) electrons. The van der Waals surface area contributed by atoms with Crippen LogP contribution in [-0.4, -0.2) is 0 Å². The van der Waals surface area contributed by atoms with Crippen molar-refractivity contribution in [3.05, 3.63) is 79.2 Å². The molecule has 3 aromatic rings. The number of benzene rings is 3. The molecule has 0 spiro atoms. The Morgan fingerprint density at radius 1 is 0.636 bits per heavy atom. The van der Waals surface area contributed by atoms with E-state index in [1.807, 2.05) is 0 Å². The van der Waals surface area contributed by atoms with Crippen LogP contribution in [0.25, 0.3) is 21.9 Å². The van der Waals surface area contributed by atoms with Crippen LogP contribution in [0, 0.1) is 6.92 Å². The van der Waals surface area contributed by atoms with E-state index in [0.717, 1.165) is 12.8 Å². The van der Waals surface area contributed by atoms with Gasteiger partial charge in [0.2, 0.25) is 0 Å². The molecule has 0 fully saturated rings. The molecule has 3 aromatic carbocycles. The van der Waals surface area contributed by atoms with Gasteiger partial charge in [-0.25, -0.2) is 0 Å². The number of rotatable bonds is 6. The second kappa shape index (κ2) is 7.26. The zero-order valence-electron chi connectivity index (χ0n) is 13.1. The van der Waals surface area contributed by atoms with E-state index in [2.05, 4.69) is 73.7 Å². The molecule has 0 aliphatic heterocycles. The molecule has 0 aromatic heterocycles. The number of aryl methyl sites for hydroxylation is 1. The van der Waals surface area contributed by atoms with Crippen molar-refractivity contribution in [2.75, 3.05) is 0 Å². The van der Waals surface area contributed by atoms with Crippen molar-refractivity contribution >= 4 is 10.8 Å². The molecule has 3 rings (SSSR count). The van der Waals surface area contributed by atoms with E-state index < -0.39 is 0 Å². The molecule has 0 aliphatic carbocycles. The van der Waals surface area contributed by atoms with Crippen LogP contribution in [0.1, 0.15) is 31.2 Å². The summed E-state index contributed by atoms with van der Waals surface area (Å²) in [6, 6.07) is 24.1. The Balaban J connectivity index is 1.97. The third-order valence-electron chi connectivity index (χ3n) is 4.30. The number of fused-ring (bicyclic) bond motifs is 1. The van der Waals surface area contributed by atoms with Crippen molar-refractivity contribution < 1.29 is 0 Å². The van der Waals surface area contributed by atoms with Crippen molar-refractivity contribution in [1.82, 2.24) is 0 Å². The second-order valence-electron chi connectivity index (χ2n) is 5.85. The Morgan fingerprint density at radius 3 is 2.14 bits per heavy atom. The first-order valence-corrected chi connectivity index (χ1v) is 8.25. The third-order valence-corrected chi connectivity index (χ3v) is 4.30. The van der Waals surface area contributed by atoms with Gasteiger partial charge in [0, 0.05) is 0 Å². The molecule has 0 saturated carbocycles. The molecular formula is C22H23. The van der Waals surface area contributed by atoms with E-state index in [9.17, 15) is 0 Å². The molecule has 0 aliphatic rings. The maximum atomic E-state index is 3.93. The van der Waals surface area contributed by atoms with Gasteiger partial charge in [0.1, 0.15) is 0 Å². The zero-order chi connectivity index (χ0) is 15.2. The van der Waals surface area contributed by atoms with Gasteiger partial charge < -0.3 is 0 Å². The average Bonchev–Trinajstić information content (AvgIpc) is 2.59. The van der Waals surface area contributed by atoms with Crippen molar-refractivity contribution in [1.29, 1.82) is 0 Å². The van der Waals surface area contributed by atoms with Gasteiger partial charge in [-0.05, 0) is 40.3 Å². The molecule has 0 amide bonds. The first-order chi connectivity index (χ1) is 10.9. The van der Waals surface area contributed by atoms with Gasteiger partial charge in [0.15, 0.2) is 0 Å². The number of hydrogen-bond acceptors (Lipinski definition) is 0. The van der Waals surface area contributed by atoms with Crippen molar-refractivity contribution in [2.24, 2.45) is 0 Å². The van der Waals surface area contributed by atoms with Gasteiger partial charge in [0.25, 0.3) is 0 Å². The Morgan fingerprint density at radius 2 is 1.36 bits per heavy atom. The van der Waals surface area contributed by atoms with E-state index in [0.29, 0.717) is 0 Å². The molecule has 0 unspecified atom stereocenters. The van der Waals surface area contributed by atoms with Gasteiger partial charge in [-0.3, -0.25) is 0 Å². The lowest BCUT2D eigenvalue weighted by Crippen LogP contribution is -1.90. The average molecular weight is 287 g/mol. The molecule has 111 valence electrons. The van der Waals surface area contributed by atoms with Gasteiger partial charge in [-0.1, -0.05) is 92.9 Å². The van der Waals surface area contributed by atoms with E-state index in [1.165, 1.54) is 46.7 Å². The zero-order valence-corrected chi connectivity index (χ0v) is 13.1. The normalized spacial score (nSPS) is 11.0. The molecule has 0 nitrogen and oxygen atoms in total. The first kappa shape index (κ1) is 14.8. The lowest BCUT2D eigenvalue weighted by molar-refractivity contribution is 0.687. The fourth-order valence-electron chi connectivity index (χ4n) is 3.12. The van der Waals surface area contributed by atoms with Gasteiger partial charge in [-0.15, -0.1) is 0 Å². The van der Waals surface area contributed by atoms with Crippen LogP contribution in [0.5, 0.6) is 0 Å². The summed E-state index contributed by atoms with van der Waals surface area (Å²) in [7, 11) is 0. The topological polar surface area (TPSA) is 0 Å². The highest BCUT2D eigenvalue weighted by Gasteiger charge is 2.07. The lowest BCUT2D eigenvalue weighted by Gasteiger charge is -2.11. The van der Waals surface area contributed by atoms with Crippen molar-refractivity contribution in [3.63, 3.8) is 0 Å². The summed E-state index contributed by atoms with van der Waals surface area (Å²) >= 11 is 0. The lowest BCUT2D eigenvalue weighted by atomic mass is 9.93. The maximum Gasteiger partial charge on any atom is -0.0103 e. The molecular weight excluding hydrogens is 264 g/mol. The highest BCUT2D eigenvalue weighted by Crippen LogP contribution is 2.31. The minimum atomic E-state index is 1.05. The summed E-state index contributed by atoms with van der Waals surface area (Å²) in [5.41, 5.74) is 4.10. The molecule has 22 heavy (non-hydrogen) atoms. The molecule has 0 heteroatoms. The smallest absolute Gasteiger partial charge is 0.0103 e. The summed E-state index contributed by atoms with van der Waals surface area (Å²) in [5, 5.41) is 2.77. The van der Waals surface area contributed by atoms with Crippen LogP contribution in [0.3, 0.4) is 0 Å². The minimum absolute atomic E-state index is 1.05. The number of hydrogen-bond donors (Lipinski definition) is 0. The SMILES string of the molecule is [CH2]CCCCCc1ccc(-c2ccccc2)c2ccccc12. The Kier molecular flexibility index (Phi) is 4.90. The Bertz CT molecular complexity index is 725. The summed E-state index contributed by atoms with van der Waals surface area (Å²) in [6.45, 7) is 3.93. The number of unbranched alkanes of at least 4 members (excludes halogenated alkanes) is 3. The van der Waals surface area contributed by atoms with Crippen LogP contribution >= 0.6 is 0 Å². The summed E-state index contributed by atoms with van der Waals surface area (Å²) in [5.74, 6) is 0. The van der Waals surface area contributed by atoms with Gasteiger partial charge in [0.05, 0.1) is 0 Å². The molecule has 0 atom stereocenters. The van der Waals surface area contributed by atoms with E-state index in [-0.39, 0.29) is 0 Å². The Hall–Kier alpha value is -2.08. The van der Waals surface area contributed by atoms with Crippen LogP contribution in [0.2, 0.25) is 0 Å². The van der Waals surface area contributed by atoms with Crippen molar-refractivity contribution in [2.45, 2.75) is 32.1 Å². The highest BCUT2D eigenvalue weighted by atomic mass is 14.1. The maximum absolute atomic E-state index is 3.93. The predicted molar refractivity (Wildman–Crippen MR) is 96.9 cm³/mol. The Labute approximate surface area is 133 Å². The van der Waals surface area contributed by atoms with Crippen molar-refractivity contribution in [3.8, 4) is 11.1 Å². The van der Waals surface area contributed by atoms with Crippen LogP contribution in [0.4, 0.5) is 0 Å². The van der Waals surface area contributed by atoms with Crippen LogP contribution in [-0.2, 0) is 6.42 Å². The van der Waals surface area contributed by atoms with Gasteiger partial charge in [-0.2, -0.15) is 0 Å². The molecule has 0 bridgehead atoms. The van der Waals surface area contributed by atoms with Crippen LogP contribution in [0.15, 0.2) is 66.7 Å². The minimum Gasteiger partial charge on any atom is -0.0622 e. The van der Waals surface area contributed by atoms with Gasteiger partial charge >= 0.3 is 0 Å². The van der Waals surface area contributed by atoms with E-state index >= 15 is 0 Å². The fraction of sp³-hybridized carbons (Fsp3) is 0.227. The quantitative estimate of drug-likeness (QED) is 0.457. The third kappa shape index (κ3) is 3.22. The highest BCUT2D eigenvalue weighted by molar-refractivity contribution is 5.98. The molecule has 0 N–H and O–H groups in total. The molecule has 0 saturated heterocycles. The molecule has 0 heterocycles. The largest absolute Gasteiger partial charge is 0.0622 e. The summed E-state index contributed by atoms with van der Waals surface area (Å²) in [4.78, 5) is 0. The standard InChI is InChI=1S/C22H23/c1-2-3-4-6-13-19-16-17-21(18-11-7-5-8-12-18)22-15-10-9-14-20(19)22/h5,7-12,14-17H,1-4,6,13H2. The van der Waals surface area contributed by atoms with Crippen LogP contribution < -0.4 is 0 Å². The monoisotopic (exact) mass is 287 g/mol. The predicted octanol–water partition coefficient (Wildman–Crippen LogP) is 6.44. The second-order valence-corrected chi connectivity index (χ2v) is 5.85. The fourth-order valence-corrected chi connectivity index (χ4v) is 3.12. The summed E-state index contributed by atoms with van der Waals surface area (Å²) in [6.07, 6.45) is 5.98.